The first kappa shape index (κ1) is 14.4. The Hall–Kier alpha value is -3.02. The summed E-state index contributed by atoms with van der Waals surface area (Å²) >= 11 is 0. The van der Waals surface area contributed by atoms with E-state index in [2.05, 4.69) is 0 Å². The minimum atomic E-state index is -0.126. The van der Waals surface area contributed by atoms with Gasteiger partial charge in [-0.2, -0.15) is 10.5 Å². The third kappa shape index (κ3) is 3.11. The van der Waals surface area contributed by atoms with Crippen molar-refractivity contribution in [1.82, 2.24) is 0 Å². The summed E-state index contributed by atoms with van der Waals surface area (Å²) in [6.07, 6.45) is 0. The first-order chi connectivity index (χ1) is 10.2. The SMILES string of the molecule is COc1cc(Oc2ccc(C#N)c(C#N)c2)ccc1CO. The topological polar surface area (TPSA) is 86.3 Å². The molecule has 1 N–H and O–H groups in total. The van der Waals surface area contributed by atoms with Crippen LogP contribution in [0.15, 0.2) is 36.4 Å². The first-order valence-corrected chi connectivity index (χ1v) is 6.11. The van der Waals surface area contributed by atoms with Crippen molar-refractivity contribution in [2.45, 2.75) is 6.61 Å². The summed E-state index contributed by atoms with van der Waals surface area (Å²) in [5, 5.41) is 27.0. The Bertz CT molecular complexity index is 742. The van der Waals surface area contributed by atoms with Gasteiger partial charge in [-0.3, -0.25) is 0 Å². The average Bonchev–Trinajstić information content (AvgIpc) is 2.54. The van der Waals surface area contributed by atoms with Gasteiger partial charge < -0.3 is 14.6 Å². The molecule has 0 aliphatic heterocycles. The maximum Gasteiger partial charge on any atom is 0.131 e. The molecular formula is C16H12N2O3. The highest BCUT2D eigenvalue weighted by molar-refractivity contribution is 5.50. The molecule has 0 atom stereocenters. The Balaban J connectivity index is 2.31. The van der Waals surface area contributed by atoms with E-state index in [0.29, 0.717) is 28.4 Å². The molecule has 0 spiro atoms. The lowest BCUT2D eigenvalue weighted by atomic mass is 10.1. The van der Waals surface area contributed by atoms with Crippen LogP contribution in [0.1, 0.15) is 16.7 Å². The average molecular weight is 280 g/mol. The molecule has 0 fully saturated rings. The highest BCUT2D eigenvalue weighted by atomic mass is 16.5. The molecule has 0 amide bonds. The van der Waals surface area contributed by atoms with E-state index in [-0.39, 0.29) is 12.2 Å². The van der Waals surface area contributed by atoms with Gasteiger partial charge in [0.15, 0.2) is 0 Å². The van der Waals surface area contributed by atoms with Gasteiger partial charge in [-0.15, -0.1) is 0 Å². The Kier molecular flexibility index (Phi) is 4.40. The fourth-order valence-electron chi connectivity index (χ4n) is 1.83. The van der Waals surface area contributed by atoms with Crippen molar-refractivity contribution in [2.24, 2.45) is 0 Å². The van der Waals surface area contributed by atoms with E-state index in [1.807, 2.05) is 12.1 Å². The number of rotatable bonds is 4. The number of aliphatic hydroxyl groups excluding tert-OH is 1. The van der Waals surface area contributed by atoms with E-state index in [9.17, 15) is 0 Å². The number of nitrogens with zero attached hydrogens (tertiary/aromatic N) is 2. The van der Waals surface area contributed by atoms with Gasteiger partial charge in [0.25, 0.3) is 0 Å². The van der Waals surface area contributed by atoms with Crippen molar-refractivity contribution in [3.63, 3.8) is 0 Å². The van der Waals surface area contributed by atoms with E-state index in [1.54, 1.807) is 24.3 Å². The van der Waals surface area contributed by atoms with Gasteiger partial charge in [-0.05, 0) is 30.3 Å². The van der Waals surface area contributed by atoms with Crippen molar-refractivity contribution in [3.05, 3.63) is 53.1 Å². The van der Waals surface area contributed by atoms with Crippen LogP contribution in [0.4, 0.5) is 0 Å². The lowest BCUT2D eigenvalue weighted by Gasteiger charge is -2.10. The fourth-order valence-corrected chi connectivity index (χ4v) is 1.83. The summed E-state index contributed by atoms with van der Waals surface area (Å²) in [5.41, 5.74) is 1.22. The summed E-state index contributed by atoms with van der Waals surface area (Å²) < 4.78 is 10.8. The van der Waals surface area contributed by atoms with Crippen molar-refractivity contribution in [3.8, 4) is 29.4 Å². The van der Waals surface area contributed by atoms with Crippen LogP contribution in [0, 0.1) is 22.7 Å². The molecule has 0 aromatic heterocycles. The second-order valence-corrected chi connectivity index (χ2v) is 4.16. The molecule has 0 bridgehead atoms. The van der Waals surface area contributed by atoms with Crippen LogP contribution >= 0.6 is 0 Å². The molecule has 0 unspecified atom stereocenters. The van der Waals surface area contributed by atoms with Crippen molar-refractivity contribution >= 4 is 0 Å². The molecule has 2 aromatic rings. The van der Waals surface area contributed by atoms with Gasteiger partial charge >= 0.3 is 0 Å². The Morgan fingerprint density at radius 1 is 1.00 bits per heavy atom. The van der Waals surface area contributed by atoms with Gasteiger partial charge in [-0.1, -0.05) is 0 Å². The third-order valence-corrected chi connectivity index (χ3v) is 2.90. The summed E-state index contributed by atoms with van der Waals surface area (Å²) in [6, 6.07) is 13.6. The van der Waals surface area contributed by atoms with Crippen molar-refractivity contribution < 1.29 is 14.6 Å². The van der Waals surface area contributed by atoms with E-state index in [0.717, 1.165) is 0 Å². The predicted molar refractivity (Wildman–Crippen MR) is 74.9 cm³/mol. The normalized spacial score (nSPS) is 9.52. The third-order valence-electron chi connectivity index (χ3n) is 2.90. The number of methoxy groups -OCH3 is 1. The monoisotopic (exact) mass is 280 g/mol. The summed E-state index contributed by atoms with van der Waals surface area (Å²) in [7, 11) is 1.51. The smallest absolute Gasteiger partial charge is 0.131 e. The van der Waals surface area contributed by atoms with Crippen LogP contribution in [0.3, 0.4) is 0 Å². The molecule has 0 saturated heterocycles. The number of hydrogen-bond acceptors (Lipinski definition) is 5. The molecule has 104 valence electrons. The number of ether oxygens (including phenoxy) is 2. The maximum absolute atomic E-state index is 9.17. The van der Waals surface area contributed by atoms with Gasteiger partial charge in [0.05, 0.1) is 24.8 Å². The van der Waals surface area contributed by atoms with Gasteiger partial charge in [0.2, 0.25) is 0 Å². The molecule has 0 saturated carbocycles. The van der Waals surface area contributed by atoms with Crippen LogP contribution < -0.4 is 9.47 Å². The zero-order valence-electron chi connectivity index (χ0n) is 11.3. The van der Waals surface area contributed by atoms with E-state index < -0.39 is 0 Å². The number of hydrogen-bond donors (Lipinski definition) is 1. The Morgan fingerprint density at radius 2 is 1.67 bits per heavy atom. The van der Waals surface area contributed by atoms with Crippen LogP contribution in [-0.2, 0) is 6.61 Å². The summed E-state index contributed by atoms with van der Waals surface area (Å²) in [5.74, 6) is 1.48. The van der Waals surface area contributed by atoms with Crippen LogP contribution in [0.5, 0.6) is 17.2 Å². The first-order valence-electron chi connectivity index (χ1n) is 6.11. The second-order valence-electron chi connectivity index (χ2n) is 4.16. The lowest BCUT2D eigenvalue weighted by Crippen LogP contribution is -1.93. The van der Waals surface area contributed by atoms with Crippen LogP contribution in [0.25, 0.3) is 0 Å². The predicted octanol–water partition coefficient (Wildman–Crippen LogP) is 2.72. The van der Waals surface area contributed by atoms with E-state index in [1.165, 1.54) is 19.2 Å². The van der Waals surface area contributed by atoms with Crippen LogP contribution in [0.2, 0.25) is 0 Å². The zero-order chi connectivity index (χ0) is 15.2. The molecular weight excluding hydrogens is 268 g/mol. The minimum absolute atomic E-state index is 0.126. The van der Waals surface area contributed by atoms with E-state index >= 15 is 0 Å². The lowest BCUT2D eigenvalue weighted by molar-refractivity contribution is 0.273. The zero-order valence-corrected chi connectivity index (χ0v) is 11.3. The summed E-state index contributed by atoms with van der Waals surface area (Å²) in [6.45, 7) is -0.126. The van der Waals surface area contributed by atoms with E-state index in [4.69, 9.17) is 25.1 Å². The molecule has 5 heteroatoms. The molecule has 2 aromatic carbocycles. The minimum Gasteiger partial charge on any atom is -0.496 e. The summed E-state index contributed by atoms with van der Waals surface area (Å²) in [4.78, 5) is 0. The van der Waals surface area contributed by atoms with Crippen molar-refractivity contribution in [1.29, 1.82) is 10.5 Å². The molecule has 2 rings (SSSR count). The number of aliphatic hydroxyl groups is 1. The van der Waals surface area contributed by atoms with Gasteiger partial charge in [-0.25, -0.2) is 0 Å². The Labute approximate surface area is 122 Å². The largest absolute Gasteiger partial charge is 0.496 e. The number of benzene rings is 2. The highest BCUT2D eigenvalue weighted by Gasteiger charge is 2.07. The molecule has 0 aliphatic carbocycles. The molecule has 0 heterocycles. The molecule has 0 aliphatic rings. The van der Waals surface area contributed by atoms with Crippen molar-refractivity contribution in [2.75, 3.05) is 7.11 Å². The standard InChI is InChI=1S/C16H12N2O3/c1-20-16-7-15(5-3-12(16)10-19)21-14-4-2-11(8-17)13(6-14)9-18/h2-7,19H,10H2,1H3. The molecule has 21 heavy (non-hydrogen) atoms. The quantitative estimate of drug-likeness (QED) is 0.930. The molecule has 5 nitrogen and oxygen atoms in total. The Morgan fingerprint density at radius 3 is 2.29 bits per heavy atom. The van der Waals surface area contributed by atoms with Gasteiger partial charge in [0, 0.05) is 11.6 Å². The van der Waals surface area contributed by atoms with Gasteiger partial charge in [0.1, 0.15) is 29.4 Å². The second kappa shape index (κ2) is 6.42. The van der Waals surface area contributed by atoms with Crippen LogP contribution in [-0.4, -0.2) is 12.2 Å². The maximum atomic E-state index is 9.17. The number of nitriles is 2. The fraction of sp³-hybridized carbons (Fsp3) is 0.125. The highest BCUT2D eigenvalue weighted by Crippen LogP contribution is 2.29. The molecule has 0 radical (unpaired) electrons.